The first kappa shape index (κ1) is 29.0. The second kappa shape index (κ2) is 12.0. The van der Waals surface area contributed by atoms with Gasteiger partial charge in [-0.25, -0.2) is 9.18 Å². The fourth-order valence-corrected chi connectivity index (χ4v) is 5.98. The van der Waals surface area contributed by atoms with E-state index >= 15 is 0 Å². The minimum atomic E-state index is -1.86. The number of morpholine rings is 1. The van der Waals surface area contributed by atoms with Crippen molar-refractivity contribution in [1.29, 1.82) is 5.26 Å². The molecule has 1 unspecified atom stereocenters. The molecule has 3 fully saturated rings. The van der Waals surface area contributed by atoms with Gasteiger partial charge in [0, 0.05) is 24.7 Å². The van der Waals surface area contributed by atoms with Crippen LogP contribution in [0.15, 0.2) is 35.9 Å². The molecule has 210 valence electrons. The highest BCUT2D eigenvalue weighted by Crippen LogP contribution is 2.47. The van der Waals surface area contributed by atoms with Crippen molar-refractivity contribution in [3.63, 3.8) is 0 Å². The molecule has 3 saturated heterocycles. The maximum absolute atomic E-state index is 13.7. The number of hydrogen-bond donors (Lipinski definition) is 3. The third-order valence-corrected chi connectivity index (χ3v) is 8.16. The molecular weight excluding hydrogens is 506 g/mol. The summed E-state index contributed by atoms with van der Waals surface area (Å²) in [4.78, 5) is 30.3. The molecule has 3 N–H and O–H groups in total. The SMILES string of the molecule is CC(C)(C=C(C#N)C(=O)N1C2CCC1(COC(=O)NC(Cc1ccc(F)cc1)B(O)O)CC2)N1CCOCC1. The lowest BCUT2D eigenvalue weighted by atomic mass is 9.76. The smallest absolute Gasteiger partial charge is 0.447 e. The highest BCUT2D eigenvalue weighted by Gasteiger charge is 2.55. The van der Waals surface area contributed by atoms with Gasteiger partial charge < -0.3 is 29.7 Å². The fraction of sp³-hybridized carbons (Fsp3) is 0.593. The number of nitrogens with zero attached hydrogens (tertiary/aromatic N) is 3. The Morgan fingerprint density at radius 1 is 1.28 bits per heavy atom. The summed E-state index contributed by atoms with van der Waals surface area (Å²) >= 11 is 0. The number of benzene rings is 1. The summed E-state index contributed by atoms with van der Waals surface area (Å²) in [7, 11) is -1.86. The number of nitrogens with one attached hydrogen (secondary N) is 1. The lowest BCUT2D eigenvalue weighted by Crippen LogP contribution is -2.52. The predicted octanol–water partition coefficient (Wildman–Crippen LogP) is 1.56. The minimum absolute atomic E-state index is 0.0297. The van der Waals surface area contributed by atoms with Crippen molar-refractivity contribution in [2.75, 3.05) is 32.9 Å². The molecular formula is C27H36BFN4O6. The van der Waals surface area contributed by atoms with Crippen LogP contribution >= 0.6 is 0 Å². The Labute approximate surface area is 228 Å². The van der Waals surface area contributed by atoms with Crippen LogP contribution in [0.3, 0.4) is 0 Å². The molecule has 4 rings (SSSR count). The average Bonchev–Trinajstić information content (AvgIpc) is 3.47. The number of carbonyl (C=O) groups excluding carboxylic acids is 2. The van der Waals surface area contributed by atoms with Crippen LogP contribution in [-0.2, 0) is 20.7 Å². The van der Waals surface area contributed by atoms with E-state index in [4.69, 9.17) is 9.47 Å². The standard InChI is InChI=1S/C27H36BFN4O6/c1-26(2,32-11-13-38-14-12-32)16-20(17-30)24(34)33-22-7-9-27(33,10-8-22)18-39-25(35)31-23(28(36)37)15-19-3-5-21(29)6-4-19/h3-6,16,22-23,36-37H,7-15,18H2,1-2H3,(H,31,35). The largest absolute Gasteiger partial charge is 0.475 e. The number of hydrogen-bond acceptors (Lipinski definition) is 8. The summed E-state index contributed by atoms with van der Waals surface area (Å²) in [5.41, 5.74) is -0.563. The van der Waals surface area contributed by atoms with Crippen LogP contribution in [0, 0.1) is 17.1 Å². The van der Waals surface area contributed by atoms with Crippen molar-refractivity contribution in [1.82, 2.24) is 15.1 Å². The number of amides is 2. The summed E-state index contributed by atoms with van der Waals surface area (Å²) in [6.07, 6.45) is 3.73. The highest BCUT2D eigenvalue weighted by atomic mass is 19.1. The third kappa shape index (κ3) is 6.61. The normalized spacial score (nSPS) is 24.3. The molecule has 39 heavy (non-hydrogen) atoms. The molecule has 0 aromatic heterocycles. The lowest BCUT2D eigenvalue weighted by molar-refractivity contribution is -0.132. The average molecular weight is 542 g/mol. The van der Waals surface area contributed by atoms with Gasteiger partial charge in [-0.2, -0.15) is 5.26 Å². The molecule has 0 spiro atoms. The molecule has 12 heteroatoms. The summed E-state index contributed by atoms with van der Waals surface area (Å²) in [5, 5.41) is 31.9. The zero-order chi connectivity index (χ0) is 28.2. The van der Waals surface area contributed by atoms with E-state index in [9.17, 15) is 29.3 Å². The number of ether oxygens (including phenoxy) is 2. The van der Waals surface area contributed by atoms with E-state index in [0.717, 1.165) is 12.8 Å². The molecule has 3 aliphatic rings. The van der Waals surface area contributed by atoms with Gasteiger partial charge in [-0.05, 0) is 69.7 Å². The quantitative estimate of drug-likeness (QED) is 0.243. The Bertz CT molecular complexity index is 1110. The summed E-state index contributed by atoms with van der Waals surface area (Å²) in [6, 6.07) is 7.57. The second-order valence-corrected chi connectivity index (χ2v) is 11.1. The van der Waals surface area contributed by atoms with E-state index in [2.05, 4.69) is 16.3 Å². The Hall–Kier alpha value is -2.98. The lowest BCUT2D eigenvalue weighted by Gasteiger charge is -2.39. The van der Waals surface area contributed by atoms with Gasteiger partial charge in [0.2, 0.25) is 0 Å². The summed E-state index contributed by atoms with van der Waals surface area (Å²) < 4.78 is 24.2. The van der Waals surface area contributed by atoms with E-state index in [1.807, 2.05) is 13.8 Å². The molecule has 3 heterocycles. The summed E-state index contributed by atoms with van der Waals surface area (Å²) in [6.45, 7) is 6.49. The number of alkyl carbamates (subject to hydrolysis) is 1. The zero-order valence-electron chi connectivity index (χ0n) is 22.4. The summed E-state index contributed by atoms with van der Waals surface area (Å²) in [5.74, 6) is -1.85. The highest BCUT2D eigenvalue weighted by molar-refractivity contribution is 6.43. The van der Waals surface area contributed by atoms with Gasteiger partial charge >= 0.3 is 13.2 Å². The van der Waals surface area contributed by atoms with Gasteiger partial charge in [-0.1, -0.05) is 12.1 Å². The number of nitriles is 1. The number of rotatable bonds is 9. The van der Waals surface area contributed by atoms with Gasteiger partial charge in [0.1, 0.15) is 24.1 Å². The van der Waals surface area contributed by atoms with E-state index in [-0.39, 0.29) is 30.5 Å². The molecule has 1 aromatic rings. The molecule has 3 aliphatic heterocycles. The van der Waals surface area contributed by atoms with Gasteiger partial charge in [0.25, 0.3) is 5.91 Å². The van der Waals surface area contributed by atoms with E-state index in [1.54, 1.807) is 11.0 Å². The predicted molar refractivity (Wildman–Crippen MR) is 141 cm³/mol. The first-order chi connectivity index (χ1) is 18.5. The first-order valence-electron chi connectivity index (χ1n) is 13.4. The molecule has 2 bridgehead atoms. The van der Waals surface area contributed by atoms with E-state index in [1.165, 1.54) is 24.3 Å². The van der Waals surface area contributed by atoms with Gasteiger partial charge in [-0.3, -0.25) is 9.69 Å². The van der Waals surface area contributed by atoms with E-state index in [0.29, 0.717) is 44.7 Å². The van der Waals surface area contributed by atoms with Crippen molar-refractivity contribution < 1.29 is 33.5 Å². The third-order valence-electron chi connectivity index (χ3n) is 8.16. The fourth-order valence-electron chi connectivity index (χ4n) is 5.98. The number of carbonyl (C=O) groups is 2. The monoisotopic (exact) mass is 542 g/mol. The molecule has 1 aromatic carbocycles. The van der Waals surface area contributed by atoms with Crippen LogP contribution in [0.25, 0.3) is 0 Å². The molecule has 1 atom stereocenters. The van der Waals surface area contributed by atoms with Crippen molar-refractivity contribution in [3.05, 3.63) is 47.3 Å². The number of fused-ring (bicyclic) bond motifs is 2. The van der Waals surface area contributed by atoms with Crippen LogP contribution in [0.2, 0.25) is 0 Å². The maximum Gasteiger partial charge on any atom is 0.475 e. The zero-order valence-corrected chi connectivity index (χ0v) is 22.4. The van der Waals surface area contributed by atoms with Gasteiger partial charge in [-0.15, -0.1) is 0 Å². The van der Waals surface area contributed by atoms with E-state index < -0.39 is 36.0 Å². The Morgan fingerprint density at radius 2 is 1.92 bits per heavy atom. The van der Waals surface area contributed by atoms with Gasteiger partial charge in [0.15, 0.2) is 0 Å². The number of halogens is 1. The van der Waals surface area contributed by atoms with Crippen LogP contribution in [0.5, 0.6) is 0 Å². The van der Waals surface area contributed by atoms with Crippen LogP contribution < -0.4 is 5.32 Å². The molecule has 0 radical (unpaired) electrons. The Balaban J connectivity index is 1.42. The molecule has 2 amide bonds. The molecule has 10 nitrogen and oxygen atoms in total. The van der Waals surface area contributed by atoms with Crippen LogP contribution in [0.4, 0.5) is 9.18 Å². The van der Waals surface area contributed by atoms with Crippen molar-refractivity contribution in [2.45, 2.75) is 69.0 Å². The molecule has 0 saturated carbocycles. The van der Waals surface area contributed by atoms with Crippen molar-refractivity contribution in [3.8, 4) is 6.07 Å². The Morgan fingerprint density at radius 3 is 2.51 bits per heavy atom. The Kier molecular flexibility index (Phi) is 8.96. The second-order valence-electron chi connectivity index (χ2n) is 11.1. The maximum atomic E-state index is 13.7. The van der Waals surface area contributed by atoms with Crippen LogP contribution in [0.1, 0.15) is 45.1 Å². The van der Waals surface area contributed by atoms with Crippen molar-refractivity contribution >= 4 is 19.1 Å². The topological polar surface area (TPSA) is 135 Å². The minimum Gasteiger partial charge on any atom is -0.447 e. The van der Waals surface area contributed by atoms with Gasteiger partial charge in [0.05, 0.1) is 24.7 Å². The first-order valence-corrected chi connectivity index (χ1v) is 13.4. The molecule has 0 aliphatic carbocycles. The van der Waals surface area contributed by atoms with Crippen LogP contribution in [-0.4, -0.2) is 94.9 Å². The van der Waals surface area contributed by atoms with Crippen molar-refractivity contribution in [2.24, 2.45) is 0 Å².